The molecule has 2 nitrogen and oxygen atoms in total. The number of rotatable bonds is 4. The van der Waals surface area contributed by atoms with Crippen LogP contribution in [0.3, 0.4) is 0 Å². The molecule has 0 radical (unpaired) electrons. The number of hydrogen-bond donors (Lipinski definition) is 0. The van der Waals surface area contributed by atoms with Crippen molar-refractivity contribution in [1.82, 2.24) is 0 Å². The molecule has 0 aromatic heterocycles. The van der Waals surface area contributed by atoms with E-state index in [-0.39, 0.29) is 0 Å². The third kappa shape index (κ3) is 3.45. The van der Waals surface area contributed by atoms with Gasteiger partial charge >= 0.3 is 0 Å². The molecule has 19 heavy (non-hydrogen) atoms. The molecule has 0 fully saturated rings. The van der Waals surface area contributed by atoms with Gasteiger partial charge in [0.15, 0.2) is 0 Å². The maximum Gasteiger partial charge on any atom is 0.150 e. The Labute approximate surface area is 129 Å². The lowest BCUT2D eigenvalue weighted by Crippen LogP contribution is -1.99. The van der Waals surface area contributed by atoms with Crippen molar-refractivity contribution in [2.24, 2.45) is 0 Å². The smallest absolute Gasteiger partial charge is 0.150 e. The number of halogens is 2. The first kappa shape index (κ1) is 14.3. The lowest BCUT2D eigenvalue weighted by molar-refractivity contribution is 0.112. The highest BCUT2D eigenvalue weighted by Gasteiger charge is 2.09. The van der Waals surface area contributed by atoms with E-state index in [1.54, 1.807) is 12.1 Å². The summed E-state index contributed by atoms with van der Waals surface area (Å²) in [6, 6.07) is 11.6. The second-order valence-electron chi connectivity index (χ2n) is 4.15. The van der Waals surface area contributed by atoms with Gasteiger partial charge in [-0.05, 0) is 62.0 Å². The quantitative estimate of drug-likeness (QED) is 0.701. The molecule has 0 saturated heterocycles. The summed E-state index contributed by atoms with van der Waals surface area (Å²) in [4.78, 5) is 10.8. The summed E-state index contributed by atoms with van der Waals surface area (Å²) in [6.45, 7) is 2.54. The zero-order chi connectivity index (χ0) is 13.8. The summed E-state index contributed by atoms with van der Waals surface area (Å²) in [5.41, 5.74) is 2.93. The molecule has 0 aliphatic heterocycles. The van der Waals surface area contributed by atoms with Crippen LogP contribution in [0.4, 0.5) is 0 Å². The largest absolute Gasteiger partial charge is 0.487 e. The molecule has 0 spiro atoms. The molecule has 0 heterocycles. The maximum atomic E-state index is 10.8. The average molecular weight is 384 g/mol. The van der Waals surface area contributed by atoms with Crippen LogP contribution in [0, 0.1) is 6.92 Å². The van der Waals surface area contributed by atoms with E-state index in [1.165, 1.54) is 5.56 Å². The van der Waals surface area contributed by atoms with Crippen LogP contribution in [0.25, 0.3) is 0 Å². The van der Waals surface area contributed by atoms with Crippen molar-refractivity contribution >= 4 is 38.1 Å². The fraction of sp³-hybridized carbons (Fsp3) is 0.133. The molecule has 2 aromatic carbocycles. The van der Waals surface area contributed by atoms with Crippen LogP contribution in [0.15, 0.2) is 45.3 Å². The molecular weight excluding hydrogens is 372 g/mol. The van der Waals surface area contributed by atoms with Gasteiger partial charge in [-0.2, -0.15) is 0 Å². The third-order valence-electron chi connectivity index (χ3n) is 2.79. The number of carbonyl (C=O) groups excluding carboxylic acids is 1. The topological polar surface area (TPSA) is 26.3 Å². The SMILES string of the molecule is Cc1ccccc1COc1c(Br)cc(C=O)cc1Br. The van der Waals surface area contributed by atoms with Gasteiger partial charge in [-0.3, -0.25) is 4.79 Å². The fourth-order valence-corrected chi connectivity index (χ4v) is 3.16. The second-order valence-corrected chi connectivity index (χ2v) is 5.86. The summed E-state index contributed by atoms with van der Waals surface area (Å²) >= 11 is 6.83. The van der Waals surface area contributed by atoms with Crippen molar-refractivity contribution in [3.8, 4) is 5.75 Å². The van der Waals surface area contributed by atoms with Gasteiger partial charge in [-0.25, -0.2) is 0 Å². The summed E-state index contributed by atoms with van der Waals surface area (Å²) in [5, 5.41) is 0. The molecule has 2 aromatic rings. The lowest BCUT2D eigenvalue weighted by Gasteiger charge is -2.12. The Balaban J connectivity index is 2.21. The Morgan fingerprint density at radius 1 is 1.16 bits per heavy atom. The van der Waals surface area contributed by atoms with Crippen molar-refractivity contribution in [3.63, 3.8) is 0 Å². The second kappa shape index (κ2) is 6.35. The Hall–Kier alpha value is -1.13. The highest BCUT2D eigenvalue weighted by molar-refractivity contribution is 9.11. The molecule has 4 heteroatoms. The highest BCUT2D eigenvalue weighted by atomic mass is 79.9. The first-order valence-electron chi connectivity index (χ1n) is 5.73. The first-order chi connectivity index (χ1) is 9.11. The Bertz CT molecular complexity index is 586. The van der Waals surface area contributed by atoms with Gasteiger partial charge in [-0.15, -0.1) is 0 Å². The number of ether oxygens (including phenoxy) is 1. The third-order valence-corrected chi connectivity index (χ3v) is 3.97. The minimum Gasteiger partial charge on any atom is -0.487 e. The Morgan fingerprint density at radius 3 is 2.37 bits per heavy atom. The van der Waals surface area contributed by atoms with Crippen molar-refractivity contribution in [2.75, 3.05) is 0 Å². The van der Waals surface area contributed by atoms with Gasteiger partial charge in [0.25, 0.3) is 0 Å². The number of aryl methyl sites for hydroxylation is 1. The van der Waals surface area contributed by atoms with Gasteiger partial charge in [0, 0.05) is 5.56 Å². The molecular formula is C15H12Br2O2. The number of hydrogen-bond acceptors (Lipinski definition) is 2. The fourth-order valence-electron chi connectivity index (χ4n) is 1.71. The normalized spacial score (nSPS) is 10.3. The predicted octanol–water partition coefficient (Wildman–Crippen LogP) is 4.91. The molecule has 0 saturated carbocycles. The Kier molecular flexibility index (Phi) is 4.77. The summed E-state index contributed by atoms with van der Waals surface area (Å²) in [7, 11) is 0. The zero-order valence-corrected chi connectivity index (χ0v) is 13.5. The highest BCUT2D eigenvalue weighted by Crippen LogP contribution is 2.35. The van der Waals surface area contributed by atoms with Crippen molar-refractivity contribution in [1.29, 1.82) is 0 Å². The minimum atomic E-state index is 0.490. The molecule has 2 rings (SSSR count). The molecule has 0 aliphatic rings. The standard InChI is InChI=1S/C15H12Br2O2/c1-10-4-2-3-5-12(10)9-19-15-13(16)6-11(8-18)7-14(15)17/h2-8H,9H2,1H3. The van der Waals surface area contributed by atoms with Crippen LogP contribution in [0.1, 0.15) is 21.5 Å². The summed E-state index contributed by atoms with van der Waals surface area (Å²) in [6.07, 6.45) is 0.806. The van der Waals surface area contributed by atoms with Gasteiger partial charge in [-0.1, -0.05) is 24.3 Å². The summed E-state index contributed by atoms with van der Waals surface area (Å²) < 4.78 is 7.35. The zero-order valence-electron chi connectivity index (χ0n) is 10.3. The molecule has 0 aliphatic carbocycles. The maximum absolute atomic E-state index is 10.8. The Morgan fingerprint density at radius 2 is 1.79 bits per heavy atom. The number of benzene rings is 2. The van der Waals surface area contributed by atoms with Gasteiger partial charge in [0.1, 0.15) is 18.6 Å². The molecule has 0 amide bonds. The van der Waals surface area contributed by atoms with E-state index in [4.69, 9.17) is 4.74 Å². The summed E-state index contributed by atoms with van der Waals surface area (Å²) in [5.74, 6) is 0.703. The van der Waals surface area contributed by atoms with E-state index in [9.17, 15) is 4.79 Å². The van der Waals surface area contributed by atoms with Crippen LogP contribution >= 0.6 is 31.9 Å². The van der Waals surface area contributed by atoms with Gasteiger partial charge in [0.05, 0.1) is 8.95 Å². The van der Waals surface area contributed by atoms with E-state index < -0.39 is 0 Å². The average Bonchev–Trinajstić information content (AvgIpc) is 2.39. The number of carbonyl (C=O) groups is 1. The first-order valence-corrected chi connectivity index (χ1v) is 7.32. The van der Waals surface area contributed by atoms with Crippen molar-refractivity contribution in [3.05, 3.63) is 62.0 Å². The van der Waals surface area contributed by atoms with Gasteiger partial charge < -0.3 is 4.74 Å². The molecule has 0 N–H and O–H groups in total. The van der Waals surface area contributed by atoms with Crippen molar-refractivity contribution in [2.45, 2.75) is 13.5 Å². The van der Waals surface area contributed by atoms with Gasteiger partial charge in [0.2, 0.25) is 0 Å². The van der Waals surface area contributed by atoms with Crippen molar-refractivity contribution < 1.29 is 9.53 Å². The van der Waals surface area contributed by atoms with E-state index in [0.29, 0.717) is 17.9 Å². The van der Waals surface area contributed by atoms with E-state index in [2.05, 4.69) is 44.8 Å². The molecule has 0 bridgehead atoms. The minimum absolute atomic E-state index is 0.490. The van der Waals surface area contributed by atoms with Crippen LogP contribution < -0.4 is 4.74 Å². The van der Waals surface area contributed by atoms with Crippen LogP contribution in [-0.2, 0) is 6.61 Å². The lowest BCUT2D eigenvalue weighted by atomic mass is 10.1. The number of aldehydes is 1. The van der Waals surface area contributed by atoms with Crippen LogP contribution in [-0.4, -0.2) is 6.29 Å². The van der Waals surface area contributed by atoms with E-state index in [1.807, 2.05) is 18.2 Å². The molecule has 0 unspecified atom stereocenters. The predicted molar refractivity (Wildman–Crippen MR) is 82.7 cm³/mol. The van der Waals surface area contributed by atoms with E-state index >= 15 is 0 Å². The molecule has 98 valence electrons. The monoisotopic (exact) mass is 382 g/mol. The van der Waals surface area contributed by atoms with Crippen LogP contribution in [0.2, 0.25) is 0 Å². The van der Waals surface area contributed by atoms with E-state index in [0.717, 1.165) is 20.8 Å². The van der Waals surface area contributed by atoms with Crippen LogP contribution in [0.5, 0.6) is 5.75 Å². The molecule has 0 atom stereocenters.